The lowest BCUT2D eigenvalue weighted by Crippen LogP contribution is -2.34. The van der Waals surface area contributed by atoms with Crippen LogP contribution < -0.4 is 0 Å². The zero-order valence-electron chi connectivity index (χ0n) is 28.7. The molecule has 48 heavy (non-hydrogen) atoms. The highest BCUT2D eigenvalue weighted by atomic mass is 16.5. The Balaban J connectivity index is 1.17. The smallest absolute Gasteiger partial charge is 0.316 e. The second-order valence-corrected chi connectivity index (χ2v) is 13.4. The molecule has 0 bridgehead atoms. The third kappa shape index (κ3) is 10.9. The fourth-order valence-electron chi connectivity index (χ4n) is 6.32. The van der Waals surface area contributed by atoms with Gasteiger partial charge in [0.25, 0.3) is 0 Å². The van der Waals surface area contributed by atoms with Crippen molar-refractivity contribution < 1.29 is 24.2 Å². The molecule has 0 aliphatic heterocycles. The molecule has 0 saturated heterocycles. The van der Waals surface area contributed by atoms with Crippen LogP contribution in [0.15, 0.2) is 121 Å². The van der Waals surface area contributed by atoms with Gasteiger partial charge in [-0.1, -0.05) is 160 Å². The zero-order valence-corrected chi connectivity index (χ0v) is 28.7. The minimum Gasteiger partial charge on any atom is -0.460 e. The Kier molecular flexibility index (Phi) is 14.5. The van der Waals surface area contributed by atoms with Gasteiger partial charge in [0.1, 0.15) is 13.2 Å². The number of carbonyl (C=O) groups is 2. The molecule has 0 amide bonds. The summed E-state index contributed by atoms with van der Waals surface area (Å²) in [5.74, 6) is -0.407. The van der Waals surface area contributed by atoms with Crippen LogP contribution in [0.1, 0.15) is 100 Å². The number of hydrogen-bond donors (Lipinski definition) is 1. The molecule has 254 valence electrons. The van der Waals surface area contributed by atoms with Crippen molar-refractivity contribution in [3.05, 3.63) is 144 Å². The summed E-state index contributed by atoms with van der Waals surface area (Å²) in [6.07, 6.45) is 7.95. The average molecular weight is 649 g/mol. The summed E-state index contributed by atoms with van der Waals surface area (Å²) in [7, 11) is 0. The van der Waals surface area contributed by atoms with E-state index < -0.39 is 10.8 Å². The first-order chi connectivity index (χ1) is 23.3. The SMILES string of the molecule is CC(CCCCCC(O)CCCCCC(C)(C(=O)OCc1ccccc1)c1ccccc1)(C(=O)OCc1ccccc1)c1ccccc1. The maximum Gasteiger partial charge on any atom is 0.316 e. The number of rotatable bonds is 20. The maximum atomic E-state index is 13.4. The molecule has 1 N–H and O–H groups in total. The number of aliphatic hydroxyl groups excluding tert-OH is 1. The lowest BCUT2D eigenvalue weighted by molar-refractivity contribution is -0.152. The summed E-state index contributed by atoms with van der Waals surface area (Å²) >= 11 is 0. The van der Waals surface area contributed by atoms with E-state index in [0.717, 1.165) is 73.6 Å². The molecule has 0 radical (unpaired) electrons. The Morgan fingerprint density at radius 2 is 0.854 bits per heavy atom. The van der Waals surface area contributed by atoms with E-state index in [0.29, 0.717) is 12.8 Å². The third-order valence-corrected chi connectivity index (χ3v) is 9.58. The molecule has 4 rings (SSSR count). The summed E-state index contributed by atoms with van der Waals surface area (Å²) in [6.45, 7) is 4.49. The lowest BCUT2D eigenvalue weighted by Gasteiger charge is -2.28. The van der Waals surface area contributed by atoms with Crippen molar-refractivity contribution in [3.63, 3.8) is 0 Å². The van der Waals surface area contributed by atoms with Gasteiger partial charge in [-0.15, -0.1) is 0 Å². The quantitative estimate of drug-likeness (QED) is 0.0763. The second kappa shape index (κ2) is 18.9. The zero-order chi connectivity index (χ0) is 34.1. The van der Waals surface area contributed by atoms with Crippen molar-refractivity contribution in [2.24, 2.45) is 0 Å². The highest BCUT2D eigenvalue weighted by Gasteiger charge is 2.37. The van der Waals surface area contributed by atoms with Crippen LogP contribution in [-0.4, -0.2) is 23.1 Å². The number of carbonyl (C=O) groups excluding carboxylic acids is 2. The van der Waals surface area contributed by atoms with E-state index in [2.05, 4.69) is 0 Å². The molecule has 0 aromatic heterocycles. The Morgan fingerprint density at radius 3 is 1.21 bits per heavy atom. The number of benzene rings is 4. The molecule has 0 saturated carbocycles. The first-order valence-electron chi connectivity index (χ1n) is 17.5. The standard InChI is InChI=1S/C43H52O5/c1-42(37-25-13-5-14-26-37,40(45)47-33-35-21-9-3-10-22-35)31-19-7-17-29-39(44)30-18-8-20-32-43(2,38-27-15-6-16-28-38)41(46)48-34-36-23-11-4-12-24-36/h3-6,9-16,21-28,39,44H,7-8,17-20,29-34H2,1-2H3. The Hall–Kier alpha value is -4.22. The number of esters is 2. The fourth-order valence-corrected chi connectivity index (χ4v) is 6.32. The predicted molar refractivity (Wildman–Crippen MR) is 192 cm³/mol. The van der Waals surface area contributed by atoms with E-state index in [-0.39, 0.29) is 31.3 Å². The highest BCUT2D eigenvalue weighted by Crippen LogP contribution is 2.33. The van der Waals surface area contributed by atoms with Gasteiger partial charge in [-0.2, -0.15) is 0 Å². The average Bonchev–Trinajstić information content (AvgIpc) is 3.13. The van der Waals surface area contributed by atoms with Crippen LogP contribution in [0.4, 0.5) is 0 Å². The topological polar surface area (TPSA) is 72.8 Å². The minimum absolute atomic E-state index is 0.203. The molecular weight excluding hydrogens is 596 g/mol. The fraction of sp³-hybridized carbons (Fsp3) is 0.395. The Labute approximate surface area is 287 Å². The molecule has 0 aliphatic rings. The van der Waals surface area contributed by atoms with Crippen LogP contribution in [0.25, 0.3) is 0 Å². The molecule has 0 heterocycles. The molecule has 4 aromatic rings. The van der Waals surface area contributed by atoms with Gasteiger partial charge in [0.15, 0.2) is 0 Å². The van der Waals surface area contributed by atoms with Crippen LogP contribution in [0, 0.1) is 0 Å². The van der Waals surface area contributed by atoms with Gasteiger partial charge in [-0.25, -0.2) is 0 Å². The number of aliphatic hydroxyl groups is 1. The van der Waals surface area contributed by atoms with E-state index in [1.807, 2.05) is 135 Å². The molecule has 4 aromatic carbocycles. The van der Waals surface area contributed by atoms with Crippen molar-refractivity contribution in [3.8, 4) is 0 Å². The molecule has 2 atom stereocenters. The van der Waals surface area contributed by atoms with Gasteiger partial charge in [0.05, 0.1) is 16.9 Å². The van der Waals surface area contributed by atoms with Crippen LogP contribution in [-0.2, 0) is 43.1 Å². The van der Waals surface area contributed by atoms with Crippen molar-refractivity contribution in [1.29, 1.82) is 0 Å². The normalized spacial score (nSPS) is 14.3. The molecule has 0 spiro atoms. The number of hydrogen-bond acceptors (Lipinski definition) is 5. The lowest BCUT2D eigenvalue weighted by atomic mass is 9.78. The first-order valence-corrected chi connectivity index (χ1v) is 17.5. The summed E-state index contributed by atoms with van der Waals surface area (Å²) in [5.41, 5.74) is 2.43. The van der Waals surface area contributed by atoms with Crippen LogP contribution in [0.3, 0.4) is 0 Å². The summed E-state index contributed by atoms with van der Waals surface area (Å²) in [4.78, 5) is 26.7. The summed E-state index contributed by atoms with van der Waals surface area (Å²) in [5, 5.41) is 10.7. The Bertz CT molecular complexity index is 1380. The van der Waals surface area contributed by atoms with E-state index >= 15 is 0 Å². The van der Waals surface area contributed by atoms with E-state index in [1.165, 1.54) is 0 Å². The van der Waals surface area contributed by atoms with Gasteiger partial charge >= 0.3 is 11.9 Å². The minimum atomic E-state index is -0.725. The van der Waals surface area contributed by atoms with E-state index in [1.54, 1.807) is 0 Å². The number of unbranched alkanes of at least 4 members (excludes halogenated alkanes) is 4. The van der Waals surface area contributed by atoms with Gasteiger partial charge in [0, 0.05) is 0 Å². The van der Waals surface area contributed by atoms with Crippen molar-refractivity contribution in [2.45, 2.75) is 108 Å². The summed E-state index contributed by atoms with van der Waals surface area (Å²) in [6, 6.07) is 39.3. The van der Waals surface area contributed by atoms with Gasteiger partial charge in [0.2, 0.25) is 0 Å². The van der Waals surface area contributed by atoms with E-state index in [4.69, 9.17) is 9.47 Å². The monoisotopic (exact) mass is 648 g/mol. The van der Waals surface area contributed by atoms with Crippen molar-refractivity contribution in [1.82, 2.24) is 0 Å². The van der Waals surface area contributed by atoms with Gasteiger partial charge in [-0.05, 0) is 61.8 Å². The van der Waals surface area contributed by atoms with E-state index in [9.17, 15) is 14.7 Å². The first kappa shape index (κ1) is 36.6. The molecule has 0 fully saturated rings. The van der Waals surface area contributed by atoms with Crippen LogP contribution >= 0.6 is 0 Å². The molecule has 5 nitrogen and oxygen atoms in total. The Morgan fingerprint density at radius 1 is 0.521 bits per heavy atom. The summed E-state index contributed by atoms with van der Waals surface area (Å²) < 4.78 is 11.6. The molecule has 5 heteroatoms. The third-order valence-electron chi connectivity index (χ3n) is 9.58. The number of ether oxygens (including phenoxy) is 2. The second-order valence-electron chi connectivity index (χ2n) is 13.4. The van der Waals surface area contributed by atoms with Gasteiger partial charge in [-0.3, -0.25) is 9.59 Å². The molecular formula is C43H52O5. The predicted octanol–water partition coefficient (Wildman–Crippen LogP) is 9.65. The molecule has 2 unspecified atom stereocenters. The molecule has 0 aliphatic carbocycles. The van der Waals surface area contributed by atoms with Crippen molar-refractivity contribution in [2.75, 3.05) is 0 Å². The van der Waals surface area contributed by atoms with Crippen molar-refractivity contribution >= 4 is 11.9 Å². The van der Waals surface area contributed by atoms with Gasteiger partial charge < -0.3 is 14.6 Å². The largest absolute Gasteiger partial charge is 0.460 e. The highest BCUT2D eigenvalue weighted by molar-refractivity contribution is 5.83. The maximum absolute atomic E-state index is 13.4. The van der Waals surface area contributed by atoms with Crippen LogP contribution in [0.5, 0.6) is 0 Å². The van der Waals surface area contributed by atoms with Crippen LogP contribution in [0.2, 0.25) is 0 Å².